The van der Waals surface area contributed by atoms with Crippen LogP contribution in [-0.4, -0.2) is 61.3 Å². The van der Waals surface area contributed by atoms with Crippen molar-refractivity contribution < 1.29 is 9.84 Å². The van der Waals surface area contributed by atoms with Crippen molar-refractivity contribution in [2.24, 2.45) is 5.92 Å². The minimum atomic E-state index is -0.327. The van der Waals surface area contributed by atoms with Gasteiger partial charge in [0.2, 0.25) is 0 Å². The van der Waals surface area contributed by atoms with Gasteiger partial charge in [-0.25, -0.2) is 14.6 Å². The third kappa shape index (κ3) is 4.61. The Morgan fingerprint density at radius 1 is 1.12 bits per heavy atom. The van der Waals surface area contributed by atoms with Gasteiger partial charge in [0.1, 0.15) is 11.8 Å². The zero-order chi connectivity index (χ0) is 21.9. The highest BCUT2D eigenvalue weighted by atomic mass is 32.2. The number of aliphatic hydroxyl groups excluding tert-OH is 1. The van der Waals surface area contributed by atoms with E-state index in [2.05, 4.69) is 39.1 Å². The summed E-state index contributed by atoms with van der Waals surface area (Å²) in [5, 5.41) is 15.5. The maximum Gasteiger partial charge on any atom is 0.155 e. The van der Waals surface area contributed by atoms with Crippen molar-refractivity contribution >= 4 is 28.6 Å². The molecule has 9 heteroatoms. The standard InChI is InChI=1S/C23H30N6O2S/c24-23-22-21(25-15-26-23)18(29(27-22)20-8-4-5-9-31-20)11-28-10-17(19(30)12-28)14-32-13-16-6-2-1-3-7-16/h1-3,6-7,15,17,19-20,30H,4-5,8-14H2,(H2,24,25,26)/t17-,19+,20?/m1/s1. The van der Waals surface area contributed by atoms with Crippen molar-refractivity contribution in [3.8, 4) is 0 Å². The molecule has 2 saturated heterocycles. The molecule has 0 aliphatic carbocycles. The van der Waals surface area contributed by atoms with E-state index < -0.39 is 0 Å². The molecule has 2 aliphatic heterocycles. The molecule has 1 unspecified atom stereocenters. The molecule has 3 N–H and O–H groups in total. The van der Waals surface area contributed by atoms with Gasteiger partial charge in [0.05, 0.1) is 11.8 Å². The molecule has 2 fully saturated rings. The van der Waals surface area contributed by atoms with Crippen molar-refractivity contribution in [1.29, 1.82) is 0 Å². The Labute approximate surface area is 192 Å². The van der Waals surface area contributed by atoms with Crippen LogP contribution >= 0.6 is 11.8 Å². The number of aliphatic hydroxyl groups is 1. The Bertz CT molecular complexity index is 1040. The molecule has 0 spiro atoms. The third-order valence-electron chi connectivity index (χ3n) is 6.34. The van der Waals surface area contributed by atoms with Gasteiger partial charge in [0, 0.05) is 43.7 Å². The van der Waals surface area contributed by atoms with Crippen LogP contribution in [0.3, 0.4) is 0 Å². The molecule has 0 radical (unpaired) electrons. The Morgan fingerprint density at radius 3 is 2.81 bits per heavy atom. The molecular weight excluding hydrogens is 424 g/mol. The van der Waals surface area contributed by atoms with E-state index >= 15 is 0 Å². The second-order valence-electron chi connectivity index (χ2n) is 8.69. The number of aromatic nitrogens is 4. The number of nitrogens with zero attached hydrogens (tertiary/aromatic N) is 5. The minimum absolute atomic E-state index is 0.0999. The molecule has 8 nitrogen and oxygen atoms in total. The van der Waals surface area contributed by atoms with E-state index in [-0.39, 0.29) is 18.2 Å². The van der Waals surface area contributed by atoms with E-state index in [4.69, 9.17) is 15.6 Å². The van der Waals surface area contributed by atoms with Gasteiger partial charge < -0.3 is 15.6 Å². The number of hydrogen-bond acceptors (Lipinski definition) is 8. The molecule has 4 heterocycles. The number of benzene rings is 1. The molecule has 2 aromatic heterocycles. The number of rotatable bonds is 7. The molecule has 170 valence electrons. The first-order chi connectivity index (χ1) is 15.7. The van der Waals surface area contributed by atoms with Gasteiger partial charge >= 0.3 is 0 Å². The first-order valence-corrected chi connectivity index (χ1v) is 12.5. The lowest BCUT2D eigenvalue weighted by Gasteiger charge is -2.25. The third-order valence-corrected chi connectivity index (χ3v) is 7.54. The molecule has 2 aliphatic rings. The molecule has 5 rings (SSSR count). The SMILES string of the molecule is Nc1ncnc2c(CN3C[C@H](CSCc4ccccc4)[C@@H](O)C3)n(C3CCCCO3)nc12. The number of fused-ring (bicyclic) bond motifs is 1. The van der Waals surface area contributed by atoms with Crippen LogP contribution in [0, 0.1) is 5.92 Å². The zero-order valence-electron chi connectivity index (χ0n) is 18.1. The van der Waals surface area contributed by atoms with Crippen LogP contribution in [0.5, 0.6) is 0 Å². The highest BCUT2D eigenvalue weighted by Crippen LogP contribution is 2.31. The second-order valence-corrected chi connectivity index (χ2v) is 9.72. The van der Waals surface area contributed by atoms with Crippen LogP contribution < -0.4 is 5.73 Å². The number of β-amino-alcohol motifs (C(OH)–C–C–N with tert-alkyl or cyclic N) is 1. The average molecular weight is 455 g/mol. The summed E-state index contributed by atoms with van der Waals surface area (Å²) in [6.45, 7) is 2.89. The van der Waals surface area contributed by atoms with Crippen LogP contribution in [0.2, 0.25) is 0 Å². The monoisotopic (exact) mass is 454 g/mol. The van der Waals surface area contributed by atoms with Crippen LogP contribution in [-0.2, 0) is 17.0 Å². The van der Waals surface area contributed by atoms with Crippen molar-refractivity contribution in [3.05, 3.63) is 47.9 Å². The van der Waals surface area contributed by atoms with Crippen LogP contribution in [0.1, 0.15) is 36.7 Å². The van der Waals surface area contributed by atoms with Gasteiger partial charge in [-0.05, 0) is 24.8 Å². The van der Waals surface area contributed by atoms with Gasteiger partial charge in [-0.15, -0.1) is 0 Å². The Hall–Kier alpha value is -2.20. The van der Waals surface area contributed by atoms with Gasteiger partial charge in [0.15, 0.2) is 17.6 Å². The number of nitrogen functional groups attached to an aromatic ring is 1. The topological polar surface area (TPSA) is 102 Å². The van der Waals surface area contributed by atoms with Gasteiger partial charge in [0.25, 0.3) is 0 Å². The Kier molecular flexibility index (Phi) is 6.59. The minimum Gasteiger partial charge on any atom is -0.391 e. The van der Waals surface area contributed by atoms with Crippen molar-refractivity contribution in [1.82, 2.24) is 24.6 Å². The fourth-order valence-electron chi connectivity index (χ4n) is 4.63. The first kappa shape index (κ1) is 21.6. The van der Waals surface area contributed by atoms with Crippen molar-refractivity contribution in [3.63, 3.8) is 0 Å². The predicted octanol–water partition coefficient (Wildman–Crippen LogP) is 2.83. The Morgan fingerprint density at radius 2 is 2.00 bits per heavy atom. The second kappa shape index (κ2) is 9.74. The average Bonchev–Trinajstić information content (AvgIpc) is 3.36. The van der Waals surface area contributed by atoms with Gasteiger partial charge in [-0.2, -0.15) is 16.9 Å². The van der Waals surface area contributed by atoms with E-state index in [9.17, 15) is 5.11 Å². The quantitative estimate of drug-likeness (QED) is 0.562. The number of anilines is 1. The highest BCUT2D eigenvalue weighted by molar-refractivity contribution is 7.98. The number of ether oxygens (including phenoxy) is 1. The normalized spacial score (nSPS) is 24.3. The fraction of sp³-hybridized carbons (Fsp3) is 0.522. The number of likely N-dealkylation sites (tertiary alicyclic amines) is 1. The summed E-state index contributed by atoms with van der Waals surface area (Å²) in [5.41, 5.74) is 9.82. The smallest absolute Gasteiger partial charge is 0.155 e. The highest BCUT2D eigenvalue weighted by Gasteiger charge is 2.33. The molecular formula is C23H30N6O2S. The molecule has 3 aromatic rings. The lowest BCUT2D eigenvalue weighted by atomic mass is 10.1. The van der Waals surface area contributed by atoms with Crippen LogP contribution in [0.4, 0.5) is 5.82 Å². The lowest BCUT2D eigenvalue weighted by Crippen LogP contribution is -2.26. The number of hydrogen-bond donors (Lipinski definition) is 2. The number of thioether (sulfide) groups is 1. The first-order valence-electron chi connectivity index (χ1n) is 11.3. The summed E-state index contributed by atoms with van der Waals surface area (Å²) in [4.78, 5) is 10.9. The van der Waals surface area contributed by atoms with Gasteiger partial charge in [-0.1, -0.05) is 30.3 Å². The van der Waals surface area contributed by atoms with Crippen molar-refractivity contribution in [2.75, 3.05) is 31.2 Å². The van der Waals surface area contributed by atoms with E-state index in [0.717, 1.165) is 55.1 Å². The molecule has 0 bridgehead atoms. The summed E-state index contributed by atoms with van der Waals surface area (Å²) < 4.78 is 7.97. The van der Waals surface area contributed by atoms with Gasteiger partial charge in [-0.3, -0.25) is 4.90 Å². The summed E-state index contributed by atoms with van der Waals surface area (Å²) in [6, 6.07) is 10.5. The number of nitrogens with two attached hydrogens (primary N) is 1. The van der Waals surface area contributed by atoms with E-state index in [0.29, 0.717) is 24.4 Å². The van der Waals surface area contributed by atoms with E-state index in [1.165, 1.54) is 11.9 Å². The molecule has 32 heavy (non-hydrogen) atoms. The molecule has 3 atom stereocenters. The maximum absolute atomic E-state index is 10.7. The van der Waals surface area contributed by atoms with Crippen LogP contribution in [0.15, 0.2) is 36.7 Å². The van der Waals surface area contributed by atoms with E-state index in [1.54, 1.807) is 0 Å². The summed E-state index contributed by atoms with van der Waals surface area (Å²) in [7, 11) is 0. The lowest BCUT2D eigenvalue weighted by molar-refractivity contribution is -0.0415. The largest absolute Gasteiger partial charge is 0.391 e. The maximum atomic E-state index is 10.7. The summed E-state index contributed by atoms with van der Waals surface area (Å²) in [6.07, 6.45) is 4.19. The summed E-state index contributed by atoms with van der Waals surface area (Å²) in [5.74, 6) is 2.55. The van der Waals surface area contributed by atoms with E-state index in [1.807, 2.05) is 22.5 Å². The fourth-order valence-corrected chi connectivity index (χ4v) is 5.81. The Balaban J connectivity index is 1.29. The van der Waals surface area contributed by atoms with Crippen molar-refractivity contribution in [2.45, 2.75) is 43.9 Å². The van der Waals surface area contributed by atoms with Crippen LogP contribution in [0.25, 0.3) is 11.0 Å². The zero-order valence-corrected chi connectivity index (χ0v) is 19.0. The molecule has 0 amide bonds. The predicted molar refractivity (Wildman–Crippen MR) is 126 cm³/mol. The summed E-state index contributed by atoms with van der Waals surface area (Å²) >= 11 is 1.89. The molecule has 0 saturated carbocycles. The molecule has 1 aromatic carbocycles.